The van der Waals surface area contributed by atoms with Gasteiger partial charge in [-0.1, -0.05) is 5.16 Å². The summed E-state index contributed by atoms with van der Waals surface area (Å²) in [6.07, 6.45) is 0.865. The lowest BCUT2D eigenvalue weighted by molar-refractivity contribution is 0.00422. The van der Waals surface area contributed by atoms with Gasteiger partial charge in [0.25, 0.3) is 0 Å². The molecule has 2 N–H and O–H groups in total. The van der Waals surface area contributed by atoms with Gasteiger partial charge in [-0.05, 0) is 13.8 Å². The molecule has 0 aromatic heterocycles. The average Bonchev–Trinajstić information content (AvgIpc) is 2.13. The first-order valence-electron chi connectivity index (χ1n) is 3.08. The second kappa shape index (κ2) is 1.99. The van der Waals surface area contributed by atoms with Gasteiger partial charge in [0.15, 0.2) is 5.60 Å². The molecule has 1 aliphatic heterocycles. The molecule has 0 bridgehead atoms. The number of nitrogens with zero attached hydrogens (tertiary/aromatic N) is 1. The minimum Gasteiger partial charge on any atom is -0.388 e. The molecule has 0 amide bonds. The summed E-state index contributed by atoms with van der Waals surface area (Å²) in [7, 11) is 0. The summed E-state index contributed by atoms with van der Waals surface area (Å²) < 4.78 is 0. The van der Waals surface area contributed by atoms with Gasteiger partial charge in [0.2, 0.25) is 0 Å². The molecule has 0 unspecified atom stereocenters. The molecule has 0 saturated carbocycles. The van der Waals surface area contributed by atoms with Gasteiger partial charge in [-0.25, -0.2) is 0 Å². The summed E-state index contributed by atoms with van der Waals surface area (Å²) in [5, 5.41) is 3.80. The van der Waals surface area contributed by atoms with Crippen molar-refractivity contribution in [3.05, 3.63) is 0 Å². The molecular weight excluding hydrogens is 116 g/mol. The minimum absolute atomic E-state index is 0.218. The minimum atomic E-state index is -0.218. The Kier molecular flexibility index (Phi) is 1.45. The zero-order chi connectivity index (χ0) is 6.91. The lowest BCUT2D eigenvalue weighted by atomic mass is 10.0. The largest absolute Gasteiger partial charge is 0.388 e. The molecule has 9 heavy (non-hydrogen) atoms. The first-order valence-corrected chi connectivity index (χ1v) is 3.08. The Hall–Kier alpha value is -0.570. The summed E-state index contributed by atoms with van der Waals surface area (Å²) in [6, 6.07) is 0. The fraction of sp³-hybridized carbons (Fsp3) is 0.833. The Labute approximate surface area is 54.9 Å². The molecule has 3 nitrogen and oxygen atoms in total. The first kappa shape index (κ1) is 6.55. The Morgan fingerprint density at radius 2 is 2.56 bits per heavy atom. The predicted molar refractivity (Wildman–Crippen MR) is 36.3 cm³/mol. The second-order valence-electron chi connectivity index (χ2n) is 2.75. The van der Waals surface area contributed by atoms with E-state index in [-0.39, 0.29) is 5.60 Å². The van der Waals surface area contributed by atoms with Crippen molar-refractivity contribution in [2.45, 2.75) is 25.9 Å². The van der Waals surface area contributed by atoms with Crippen molar-refractivity contribution >= 4 is 5.71 Å². The van der Waals surface area contributed by atoms with Crippen molar-refractivity contribution in [1.29, 1.82) is 0 Å². The van der Waals surface area contributed by atoms with E-state index in [2.05, 4.69) is 5.16 Å². The summed E-state index contributed by atoms with van der Waals surface area (Å²) in [6.45, 7) is 4.45. The number of oxime groups is 1. The highest BCUT2D eigenvalue weighted by Gasteiger charge is 2.30. The van der Waals surface area contributed by atoms with Crippen LogP contribution in [0.25, 0.3) is 0 Å². The maximum Gasteiger partial charge on any atom is 0.152 e. The van der Waals surface area contributed by atoms with Crippen LogP contribution in [0.15, 0.2) is 5.16 Å². The van der Waals surface area contributed by atoms with Crippen molar-refractivity contribution in [1.82, 2.24) is 0 Å². The maximum absolute atomic E-state index is 5.43. The van der Waals surface area contributed by atoms with E-state index in [1.54, 1.807) is 0 Å². The zero-order valence-electron chi connectivity index (χ0n) is 5.85. The number of hydrogen-bond donors (Lipinski definition) is 1. The highest BCUT2D eigenvalue weighted by atomic mass is 16.7. The summed E-state index contributed by atoms with van der Waals surface area (Å²) in [5.41, 5.74) is 6.24. The molecule has 0 radical (unpaired) electrons. The molecule has 0 aliphatic carbocycles. The van der Waals surface area contributed by atoms with Crippen LogP contribution in [0.2, 0.25) is 0 Å². The Bertz CT molecular complexity index is 144. The van der Waals surface area contributed by atoms with Gasteiger partial charge in [0.1, 0.15) is 0 Å². The van der Waals surface area contributed by atoms with E-state index in [1.807, 2.05) is 13.8 Å². The SMILES string of the molecule is CC1=NO[C@@](C)(CN)C1. The monoisotopic (exact) mass is 128 g/mol. The highest BCUT2D eigenvalue weighted by Crippen LogP contribution is 2.21. The molecule has 1 heterocycles. The van der Waals surface area contributed by atoms with Gasteiger partial charge in [-0.3, -0.25) is 0 Å². The third kappa shape index (κ3) is 1.21. The van der Waals surface area contributed by atoms with E-state index in [0.717, 1.165) is 12.1 Å². The van der Waals surface area contributed by atoms with Gasteiger partial charge < -0.3 is 10.6 Å². The average molecular weight is 128 g/mol. The van der Waals surface area contributed by atoms with Gasteiger partial charge in [-0.2, -0.15) is 0 Å². The van der Waals surface area contributed by atoms with Crippen molar-refractivity contribution < 1.29 is 4.84 Å². The Morgan fingerprint density at radius 3 is 2.78 bits per heavy atom. The Balaban J connectivity index is 2.53. The summed E-state index contributed by atoms with van der Waals surface area (Å²) >= 11 is 0. The molecule has 1 rings (SSSR count). The van der Waals surface area contributed by atoms with Gasteiger partial charge in [0.05, 0.1) is 5.71 Å². The van der Waals surface area contributed by atoms with Crippen LogP contribution in [0, 0.1) is 0 Å². The molecule has 0 saturated heterocycles. The third-order valence-corrected chi connectivity index (χ3v) is 1.48. The molecule has 0 spiro atoms. The molecule has 0 aromatic carbocycles. The van der Waals surface area contributed by atoms with Crippen molar-refractivity contribution in [3.63, 3.8) is 0 Å². The lowest BCUT2D eigenvalue weighted by Crippen LogP contribution is -2.34. The number of hydrogen-bond acceptors (Lipinski definition) is 3. The number of nitrogens with two attached hydrogens (primary N) is 1. The quantitative estimate of drug-likeness (QED) is 0.559. The summed E-state index contributed by atoms with van der Waals surface area (Å²) in [5.74, 6) is 0. The molecular formula is C6H12N2O. The van der Waals surface area contributed by atoms with E-state index < -0.39 is 0 Å². The van der Waals surface area contributed by atoms with Crippen LogP contribution in [0.3, 0.4) is 0 Å². The van der Waals surface area contributed by atoms with Gasteiger partial charge in [0, 0.05) is 13.0 Å². The predicted octanol–water partition coefficient (Wildman–Crippen LogP) is 0.500. The third-order valence-electron chi connectivity index (χ3n) is 1.48. The highest BCUT2D eigenvalue weighted by molar-refractivity contribution is 5.83. The van der Waals surface area contributed by atoms with E-state index in [1.165, 1.54) is 0 Å². The van der Waals surface area contributed by atoms with Crippen LogP contribution >= 0.6 is 0 Å². The van der Waals surface area contributed by atoms with Crippen molar-refractivity contribution in [3.8, 4) is 0 Å². The molecule has 52 valence electrons. The topological polar surface area (TPSA) is 47.6 Å². The van der Waals surface area contributed by atoms with E-state index in [4.69, 9.17) is 10.6 Å². The zero-order valence-corrected chi connectivity index (χ0v) is 5.85. The molecule has 0 aromatic rings. The normalized spacial score (nSPS) is 33.9. The van der Waals surface area contributed by atoms with Crippen LogP contribution in [0.4, 0.5) is 0 Å². The van der Waals surface area contributed by atoms with Crippen LogP contribution in [-0.4, -0.2) is 17.9 Å². The second-order valence-corrected chi connectivity index (χ2v) is 2.75. The Morgan fingerprint density at radius 1 is 1.89 bits per heavy atom. The molecule has 3 heteroatoms. The van der Waals surface area contributed by atoms with Crippen molar-refractivity contribution in [2.24, 2.45) is 10.9 Å². The smallest absolute Gasteiger partial charge is 0.152 e. The molecule has 1 atom stereocenters. The van der Waals surface area contributed by atoms with Crippen molar-refractivity contribution in [2.75, 3.05) is 6.54 Å². The van der Waals surface area contributed by atoms with Crippen LogP contribution in [0.5, 0.6) is 0 Å². The fourth-order valence-corrected chi connectivity index (χ4v) is 0.903. The lowest BCUT2D eigenvalue weighted by Gasteiger charge is -2.17. The molecule has 1 aliphatic rings. The maximum atomic E-state index is 5.43. The van der Waals surface area contributed by atoms with Crippen LogP contribution < -0.4 is 5.73 Å². The van der Waals surface area contributed by atoms with E-state index in [9.17, 15) is 0 Å². The van der Waals surface area contributed by atoms with E-state index in [0.29, 0.717) is 6.54 Å². The summed E-state index contributed by atoms with van der Waals surface area (Å²) in [4.78, 5) is 5.06. The van der Waals surface area contributed by atoms with Crippen LogP contribution in [0.1, 0.15) is 20.3 Å². The van der Waals surface area contributed by atoms with Gasteiger partial charge in [-0.15, -0.1) is 0 Å². The van der Waals surface area contributed by atoms with Crippen LogP contribution in [-0.2, 0) is 4.84 Å². The fourth-order valence-electron chi connectivity index (χ4n) is 0.903. The van der Waals surface area contributed by atoms with E-state index >= 15 is 0 Å². The first-order chi connectivity index (χ1) is 4.16. The number of rotatable bonds is 1. The van der Waals surface area contributed by atoms with Gasteiger partial charge >= 0.3 is 0 Å². The molecule has 0 fully saturated rings. The standard InChI is InChI=1S/C6H12N2O/c1-5-3-6(2,4-7)9-8-5/h3-4,7H2,1-2H3/t6-/m1/s1.